The van der Waals surface area contributed by atoms with E-state index in [-0.39, 0.29) is 0 Å². The van der Waals surface area contributed by atoms with Crippen LogP contribution in [0.4, 0.5) is 0 Å². The Morgan fingerprint density at radius 1 is 1.29 bits per heavy atom. The predicted molar refractivity (Wildman–Crippen MR) is 73.0 cm³/mol. The van der Waals surface area contributed by atoms with Crippen LogP contribution in [0.1, 0.15) is 51.9 Å². The second-order valence-corrected chi connectivity index (χ2v) is 5.57. The molecule has 0 aromatic carbocycles. The third-order valence-electron chi connectivity index (χ3n) is 4.39. The molecule has 0 aromatic rings. The Hall–Kier alpha value is -0.560. The van der Waals surface area contributed by atoms with E-state index in [0.29, 0.717) is 0 Å². The molecule has 0 aromatic heterocycles. The molecule has 0 aliphatic heterocycles. The minimum Gasteiger partial charge on any atom is -0.384 e. The molecule has 2 atom stereocenters. The Balaban J connectivity index is 1.90. The number of ether oxygens (including phenoxy) is 1. The minimum absolute atomic E-state index is 0.775. The van der Waals surface area contributed by atoms with Gasteiger partial charge < -0.3 is 4.74 Å². The van der Waals surface area contributed by atoms with Crippen molar-refractivity contribution in [3.8, 4) is 0 Å². The van der Waals surface area contributed by atoms with E-state index >= 15 is 0 Å². The van der Waals surface area contributed by atoms with Crippen molar-refractivity contribution < 1.29 is 4.74 Å². The number of hydrogen-bond acceptors (Lipinski definition) is 1. The first kappa shape index (κ1) is 12.9. The summed E-state index contributed by atoms with van der Waals surface area (Å²) in [7, 11) is 1.83. The van der Waals surface area contributed by atoms with Gasteiger partial charge in [0, 0.05) is 13.7 Å². The second kappa shape index (κ2) is 6.39. The first-order valence-corrected chi connectivity index (χ1v) is 7.19. The lowest BCUT2D eigenvalue weighted by Gasteiger charge is -2.30. The van der Waals surface area contributed by atoms with Gasteiger partial charge in [0.1, 0.15) is 0 Å². The summed E-state index contributed by atoms with van der Waals surface area (Å²) in [4.78, 5) is 0. The molecular weight excluding hydrogens is 208 g/mol. The molecule has 0 N–H and O–H groups in total. The van der Waals surface area contributed by atoms with E-state index in [2.05, 4.69) is 19.1 Å². The van der Waals surface area contributed by atoms with E-state index in [1.807, 2.05) is 7.11 Å². The molecule has 1 heteroatoms. The quantitative estimate of drug-likeness (QED) is 0.651. The average Bonchev–Trinajstić information content (AvgIpc) is 2.40. The Kier molecular flexibility index (Phi) is 4.85. The number of methoxy groups -OCH3 is 1. The normalized spacial score (nSPS) is 29.8. The summed E-state index contributed by atoms with van der Waals surface area (Å²) in [5.74, 6) is 1.61. The molecule has 17 heavy (non-hydrogen) atoms. The van der Waals surface area contributed by atoms with Gasteiger partial charge in [-0.1, -0.05) is 30.2 Å². The van der Waals surface area contributed by atoms with Crippen LogP contribution in [0, 0.1) is 11.8 Å². The maximum atomic E-state index is 5.31. The fourth-order valence-corrected chi connectivity index (χ4v) is 3.28. The highest BCUT2D eigenvalue weighted by atomic mass is 16.5. The van der Waals surface area contributed by atoms with Gasteiger partial charge in [0.2, 0.25) is 0 Å². The third kappa shape index (κ3) is 3.45. The van der Waals surface area contributed by atoms with Crippen LogP contribution < -0.4 is 0 Å². The van der Waals surface area contributed by atoms with E-state index in [0.717, 1.165) is 18.4 Å². The van der Waals surface area contributed by atoms with Crippen LogP contribution in [0.25, 0.3) is 0 Å². The summed E-state index contributed by atoms with van der Waals surface area (Å²) < 4.78 is 5.31. The lowest BCUT2D eigenvalue weighted by atomic mass is 9.77. The highest BCUT2D eigenvalue weighted by Crippen LogP contribution is 2.36. The summed E-state index contributed by atoms with van der Waals surface area (Å²) >= 11 is 0. The smallest absolute Gasteiger partial charge is 0.0493 e. The molecule has 0 fully saturated rings. The Morgan fingerprint density at radius 3 is 2.82 bits per heavy atom. The summed E-state index contributed by atoms with van der Waals surface area (Å²) in [6.45, 7) is 3.22. The van der Waals surface area contributed by atoms with Gasteiger partial charge in [0.15, 0.2) is 0 Å². The van der Waals surface area contributed by atoms with E-state index < -0.39 is 0 Å². The van der Waals surface area contributed by atoms with Crippen LogP contribution in [0.3, 0.4) is 0 Å². The van der Waals surface area contributed by atoms with E-state index in [1.165, 1.54) is 44.9 Å². The van der Waals surface area contributed by atoms with E-state index in [4.69, 9.17) is 4.74 Å². The van der Waals surface area contributed by atoms with Crippen LogP contribution in [-0.4, -0.2) is 13.7 Å². The van der Waals surface area contributed by atoms with Gasteiger partial charge in [-0.05, 0) is 56.8 Å². The fourth-order valence-electron chi connectivity index (χ4n) is 3.28. The summed E-state index contributed by atoms with van der Waals surface area (Å²) in [5, 5.41) is 0. The SMILES string of the molecule is CCC1=CCC(C2=CCCC(COC)C2)CC1. The molecule has 2 rings (SSSR count). The van der Waals surface area contributed by atoms with Crippen molar-refractivity contribution in [1.29, 1.82) is 0 Å². The highest BCUT2D eigenvalue weighted by molar-refractivity contribution is 5.17. The van der Waals surface area contributed by atoms with Crippen LogP contribution in [0.2, 0.25) is 0 Å². The topological polar surface area (TPSA) is 9.23 Å². The molecule has 0 heterocycles. The average molecular weight is 234 g/mol. The van der Waals surface area contributed by atoms with Gasteiger partial charge >= 0.3 is 0 Å². The first-order valence-electron chi connectivity index (χ1n) is 7.19. The van der Waals surface area contributed by atoms with Gasteiger partial charge in [-0.2, -0.15) is 0 Å². The molecule has 0 saturated carbocycles. The molecule has 0 radical (unpaired) electrons. The molecule has 0 spiro atoms. The zero-order valence-electron chi connectivity index (χ0n) is 11.4. The third-order valence-corrected chi connectivity index (χ3v) is 4.39. The second-order valence-electron chi connectivity index (χ2n) is 5.57. The Morgan fingerprint density at radius 2 is 2.18 bits per heavy atom. The lowest BCUT2D eigenvalue weighted by molar-refractivity contribution is 0.143. The Bertz CT molecular complexity index is 301. The standard InChI is InChI=1S/C16H26O/c1-3-13-7-9-15(10-8-13)16-6-4-5-14(11-16)12-17-2/h6-7,14-15H,3-5,8-12H2,1-2H3. The number of hydrogen-bond donors (Lipinski definition) is 0. The predicted octanol–water partition coefficient (Wildman–Crippen LogP) is 4.50. The van der Waals surface area contributed by atoms with Crippen molar-refractivity contribution in [1.82, 2.24) is 0 Å². The molecule has 1 nitrogen and oxygen atoms in total. The maximum absolute atomic E-state index is 5.31. The van der Waals surface area contributed by atoms with E-state index in [9.17, 15) is 0 Å². The molecule has 0 saturated heterocycles. The first-order chi connectivity index (χ1) is 8.33. The minimum atomic E-state index is 0.775. The molecule has 2 aliphatic carbocycles. The van der Waals surface area contributed by atoms with E-state index in [1.54, 1.807) is 11.1 Å². The molecule has 96 valence electrons. The lowest BCUT2D eigenvalue weighted by Crippen LogP contribution is -2.18. The zero-order chi connectivity index (χ0) is 12.1. The number of allylic oxidation sites excluding steroid dienone is 4. The van der Waals surface area contributed by atoms with Gasteiger partial charge in [-0.15, -0.1) is 0 Å². The van der Waals surface area contributed by atoms with Crippen molar-refractivity contribution in [3.05, 3.63) is 23.3 Å². The van der Waals surface area contributed by atoms with Crippen molar-refractivity contribution in [2.45, 2.75) is 51.9 Å². The summed E-state index contributed by atoms with van der Waals surface area (Å²) in [5.41, 5.74) is 3.40. The molecule has 2 unspecified atom stereocenters. The fraction of sp³-hybridized carbons (Fsp3) is 0.750. The van der Waals surface area contributed by atoms with Gasteiger partial charge in [0.25, 0.3) is 0 Å². The van der Waals surface area contributed by atoms with Gasteiger partial charge in [-0.3, -0.25) is 0 Å². The van der Waals surface area contributed by atoms with Crippen LogP contribution in [0.15, 0.2) is 23.3 Å². The van der Waals surface area contributed by atoms with Crippen LogP contribution in [0.5, 0.6) is 0 Å². The number of rotatable bonds is 4. The van der Waals surface area contributed by atoms with Crippen molar-refractivity contribution >= 4 is 0 Å². The van der Waals surface area contributed by atoms with Gasteiger partial charge in [0.05, 0.1) is 0 Å². The molecule has 0 amide bonds. The van der Waals surface area contributed by atoms with Crippen LogP contribution in [-0.2, 0) is 4.74 Å². The summed E-state index contributed by atoms with van der Waals surface area (Å²) in [6.07, 6.45) is 14.1. The maximum Gasteiger partial charge on any atom is 0.0493 e. The van der Waals surface area contributed by atoms with Crippen molar-refractivity contribution in [2.24, 2.45) is 11.8 Å². The molecular formula is C16H26O. The summed E-state index contributed by atoms with van der Waals surface area (Å²) in [6, 6.07) is 0. The molecule has 2 aliphatic rings. The zero-order valence-corrected chi connectivity index (χ0v) is 11.4. The van der Waals surface area contributed by atoms with Crippen LogP contribution >= 0.6 is 0 Å². The van der Waals surface area contributed by atoms with Crippen molar-refractivity contribution in [3.63, 3.8) is 0 Å². The molecule has 0 bridgehead atoms. The Labute approximate surface area is 106 Å². The van der Waals surface area contributed by atoms with Gasteiger partial charge in [-0.25, -0.2) is 0 Å². The largest absolute Gasteiger partial charge is 0.384 e. The monoisotopic (exact) mass is 234 g/mol. The van der Waals surface area contributed by atoms with Crippen molar-refractivity contribution in [2.75, 3.05) is 13.7 Å². The highest BCUT2D eigenvalue weighted by Gasteiger charge is 2.23.